The Bertz CT molecular complexity index is 620. The molecule has 4 nitrogen and oxygen atoms in total. The molecule has 0 amide bonds. The third-order valence-electron chi connectivity index (χ3n) is 3.22. The molecule has 0 unspecified atom stereocenters. The molecule has 1 N–H and O–H groups in total. The van der Waals surface area contributed by atoms with E-state index in [9.17, 15) is 4.79 Å². The van der Waals surface area contributed by atoms with Crippen molar-refractivity contribution in [3.8, 4) is 5.75 Å². The second kappa shape index (κ2) is 6.79. The molecule has 2 aromatic carbocycles. The number of nitrogens with one attached hydrogen (secondary N) is 1. The molecular formula is C17H19NO3. The van der Waals surface area contributed by atoms with E-state index in [2.05, 4.69) is 5.32 Å². The SMILES string of the molecule is COC(=O)c1cc(C)ccc1NCc1ccc(OC)cc1. The summed E-state index contributed by atoms with van der Waals surface area (Å²) in [7, 11) is 3.03. The fourth-order valence-corrected chi connectivity index (χ4v) is 2.03. The minimum absolute atomic E-state index is 0.337. The third-order valence-corrected chi connectivity index (χ3v) is 3.22. The lowest BCUT2D eigenvalue weighted by Gasteiger charge is -2.12. The first-order chi connectivity index (χ1) is 10.1. The summed E-state index contributed by atoms with van der Waals surface area (Å²) in [6.07, 6.45) is 0. The molecule has 0 bridgehead atoms. The summed E-state index contributed by atoms with van der Waals surface area (Å²) in [6, 6.07) is 13.5. The van der Waals surface area contributed by atoms with E-state index in [1.165, 1.54) is 7.11 Å². The van der Waals surface area contributed by atoms with E-state index in [1.807, 2.05) is 49.4 Å². The van der Waals surface area contributed by atoms with E-state index in [4.69, 9.17) is 9.47 Å². The van der Waals surface area contributed by atoms with Gasteiger partial charge in [-0.1, -0.05) is 23.8 Å². The fourth-order valence-electron chi connectivity index (χ4n) is 2.03. The van der Waals surface area contributed by atoms with Gasteiger partial charge >= 0.3 is 5.97 Å². The lowest BCUT2D eigenvalue weighted by Crippen LogP contribution is -2.08. The van der Waals surface area contributed by atoms with E-state index in [1.54, 1.807) is 7.11 Å². The highest BCUT2D eigenvalue weighted by Gasteiger charge is 2.11. The van der Waals surface area contributed by atoms with Gasteiger partial charge in [0.25, 0.3) is 0 Å². The number of aryl methyl sites for hydroxylation is 1. The van der Waals surface area contributed by atoms with Crippen LogP contribution in [0.1, 0.15) is 21.5 Å². The van der Waals surface area contributed by atoms with Crippen LogP contribution in [0.5, 0.6) is 5.75 Å². The van der Waals surface area contributed by atoms with Crippen LogP contribution < -0.4 is 10.1 Å². The molecule has 0 heterocycles. The molecule has 0 aliphatic carbocycles. The number of benzene rings is 2. The fraction of sp³-hybridized carbons (Fsp3) is 0.235. The van der Waals surface area contributed by atoms with Crippen molar-refractivity contribution in [2.45, 2.75) is 13.5 Å². The van der Waals surface area contributed by atoms with Crippen LogP contribution in [0.15, 0.2) is 42.5 Å². The van der Waals surface area contributed by atoms with Crippen molar-refractivity contribution < 1.29 is 14.3 Å². The molecule has 2 rings (SSSR count). The summed E-state index contributed by atoms with van der Waals surface area (Å²) < 4.78 is 9.95. The van der Waals surface area contributed by atoms with Gasteiger partial charge in [0.1, 0.15) is 5.75 Å². The number of methoxy groups -OCH3 is 2. The first-order valence-electron chi connectivity index (χ1n) is 6.70. The van der Waals surface area contributed by atoms with E-state index in [0.29, 0.717) is 12.1 Å². The summed E-state index contributed by atoms with van der Waals surface area (Å²) in [5, 5.41) is 3.27. The van der Waals surface area contributed by atoms with Crippen LogP contribution in [0.2, 0.25) is 0 Å². The highest BCUT2D eigenvalue weighted by Crippen LogP contribution is 2.20. The summed E-state index contributed by atoms with van der Waals surface area (Å²) in [6.45, 7) is 2.57. The predicted molar refractivity (Wildman–Crippen MR) is 82.8 cm³/mol. The molecule has 0 fully saturated rings. The average Bonchev–Trinajstić information content (AvgIpc) is 2.53. The number of ether oxygens (including phenoxy) is 2. The van der Waals surface area contributed by atoms with Crippen LogP contribution in [-0.4, -0.2) is 20.2 Å². The van der Waals surface area contributed by atoms with Gasteiger partial charge in [-0.05, 0) is 36.8 Å². The monoisotopic (exact) mass is 285 g/mol. The second-order valence-corrected chi connectivity index (χ2v) is 4.74. The lowest BCUT2D eigenvalue weighted by atomic mass is 10.1. The Balaban J connectivity index is 2.13. The van der Waals surface area contributed by atoms with Crippen molar-refractivity contribution >= 4 is 11.7 Å². The number of rotatable bonds is 5. The molecule has 2 aromatic rings. The first kappa shape index (κ1) is 14.9. The number of hydrogen-bond acceptors (Lipinski definition) is 4. The number of carbonyl (C=O) groups is 1. The number of carbonyl (C=O) groups excluding carboxylic acids is 1. The quantitative estimate of drug-likeness (QED) is 0.855. The largest absolute Gasteiger partial charge is 0.497 e. The number of anilines is 1. The van der Waals surface area contributed by atoms with Gasteiger partial charge in [-0.15, -0.1) is 0 Å². The van der Waals surface area contributed by atoms with Crippen molar-refractivity contribution in [2.75, 3.05) is 19.5 Å². The molecule has 21 heavy (non-hydrogen) atoms. The van der Waals surface area contributed by atoms with Crippen LogP contribution in [0.25, 0.3) is 0 Å². The average molecular weight is 285 g/mol. The van der Waals surface area contributed by atoms with Gasteiger partial charge in [-0.25, -0.2) is 4.79 Å². The molecule has 0 atom stereocenters. The summed E-state index contributed by atoms with van der Waals surface area (Å²) in [4.78, 5) is 11.8. The Morgan fingerprint density at radius 3 is 2.43 bits per heavy atom. The Morgan fingerprint density at radius 1 is 1.10 bits per heavy atom. The molecular weight excluding hydrogens is 266 g/mol. The summed E-state index contributed by atoms with van der Waals surface area (Å²) in [5.41, 5.74) is 3.44. The highest BCUT2D eigenvalue weighted by atomic mass is 16.5. The zero-order valence-electron chi connectivity index (χ0n) is 12.5. The molecule has 110 valence electrons. The van der Waals surface area contributed by atoms with Crippen LogP contribution in [0.3, 0.4) is 0 Å². The topological polar surface area (TPSA) is 47.6 Å². The zero-order chi connectivity index (χ0) is 15.2. The maximum atomic E-state index is 11.8. The molecule has 0 aromatic heterocycles. The molecule has 0 saturated carbocycles. The highest BCUT2D eigenvalue weighted by molar-refractivity contribution is 5.95. The second-order valence-electron chi connectivity index (χ2n) is 4.74. The summed E-state index contributed by atoms with van der Waals surface area (Å²) >= 11 is 0. The molecule has 0 aliphatic rings. The Morgan fingerprint density at radius 2 is 1.81 bits per heavy atom. The van der Waals surface area contributed by atoms with Crippen molar-refractivity contribution in [3.05, 3.63) is 59.2 Å². The minimum atomic E-state index is -0.337. The van der Waals surface area contributed by atoms with Gasteiger partial charge < -0.3 is 14.8 Å². The first-order valence-corrected chi connectivity index (χ1v) is 6.70. The van der Waals surface area contributed by atoms with Crippen LogP contribution in [-0.2, 0) is 11.3 Å². The van der Waals surface area contributed by atoms with E-state index in [-0.39, 0.29) is 5.97 Å². The van der Waals surface area contributed by atoms with Crippen molar-refractivity contribution in [3.63, 3.8) is 0 Å². The van der Waals surface area contributed by atoms with Crippen molar-refractivity contribution in [2.24, 2.45) is 0 Å². The molecule has 4 heteroatoms. The van der Waals surface area contributed by atoms with Gasteiger partial charge in [0.05, 0.1) is 19.8 Å². The predicted octanol–water partition coefficient (Wildman–Crippen LogP) is 3.40. The Kier molecular flexibility index (Phi) is 4.82. The van der Waals surface area contributed by atoms with Gasteiger partial charge in [-0.3, -0.25) is 0 Å². The van der Waals surface area contributed by atoms with E-state index < -0.39 is 0 Å². The maximum Gasteiger partial charge on any atom is 0.339 e. The zero-order valence-corrected chi connectivity index (χ0v) is 12.5. The van der Waals surface area contributed by atoms with E-state index >= 15 is 0 Å². The smallest absolute Gasteiger partial charge is 0.339 e. The normalized spacial score (nSPS) is 10.0. The number of esters is 1. The van der Waals surface area contributed by atoms with Gasteiger partial charge in [0, 0.05) is 12.2 Å². The lowest BCUT2D eigenvalue weighted by molar-refractivity contribution is 0.0601. The molecule has 0 spiro atoms. The van der Waals surface area contributed by atoms with Gasteiger partial charge in [-0.2, -0.15) is 0 Å². The van der Waals surface area contributed by atoms with Gasteiger partial charge in [0.15, 0.2) is 0 Å². The van der Waals surface area contributed by atoms with Gasteiger partial charge in [0.2, 0.25) is 0 Å². The van der Waals surface area contributed by atoms with E-state index in [0.717, 1.165) is 22.6 Å². The number of hydrogen-bond donors (Lipinski definition) is 1. The Labute approximate surface area is 124 Å². The molecule has 0 saturated heterocycles. The third kappa shape index (κ3) is 3.75. The maximum absolute atomic E-state index is 11.8. The van der Waals surface area contributed by atoms with Crippen molar-refractivity contribution in [1.82, 2.24) is 0 Å². The van der Waals surface area contributed by atoms with Crippen LogP contribution in [0.4, 0.5) is 5.69 Å². The molecule has 0 radical (unpaired) electrons. The molecule has 0 aliphatic heterocycles. The van der Waals surface area contributed by atoms with Crippen molar-refractivity contribution in [1.29, 1.82) is 0 Å². The summed E-state index contributed by atoms with van der Waals surface area (Å²) in [5.74, 6) is 0.486. The minimum Gasteiger partial charge on any atom is -0.497 e. The Hall–Kier alpha value is -2.49. The standard InChI is InChI=1S/C17H19NO3/c1-12-4-9-16(15(10-12)17(19)21-3)18-11-13-5-7-14(20-2)8-6-13/h4-10,18H,11H2,1-3H3. The van der Waals surface area contributed by atoms with Crippen LogP contribution >= 0.6 is 0 Å². The van der Waals surface area contributed by atoms with Crippen LogP contribution in [0, 0.1) is 6.92 Å².